The molecular weight excluding hydrogens is 298 g/mol. The van der Waals surface area contributed by atoms with E-state index in [1.165, 1.54) is 17.8 Å². The van der Waals surface area contributed by atoms with Crippen LogP contribution in [0.3, 0.4) is 0 Å². The van der Waals surface area contributed by atoms with Gasteiger partial charge in [-0.15, -0.1) is 0 Å². The first-order valence-electron chi connectivity index (χ1n) is 6.46. The van der Waals surface area contributed by atoms with Crippen molar-refractivity contribution in [2.24, 2.45) is 0 Å². The first-order chi connectivity index (χ1) is 9.75. The van der Waals surface area contributed by atoms with Gasteiger partial charge in [0.05, 0.1) is 11.6 Å². The van der Waals surface area contributed by atoms with Crippen LogP contribution in [0.1, 0.15) is 25.5 Å². The summed E-state index contributed by atoms with van der Waals surface area (Å²) in [6, 6.07) is 2.06. The number of thioether (sulfide) groups is 1. The van der Waals surface area contributed by atoms with Gasteiger partial charge in [-0.05, 0) is 26.2 Å². The molecule has 2 amide bonds. The molecule has 0 heterocycles. The summed E-state index contributed by atoms with van der Waals surface area (Å²) >= 11 is 1.47. The second kappa shape index (κ2) is 7.61. The van der Waals surface area contributed by atoms with E-state index in [9.17, 15) is 18.7 Å². The van der Waals surface area contributed by atoms with Gasteiger partial charge in [0.15, 0.2) is 0 Å². The molecular formula is C14H20F2N2O2S. The lowest BCUT2D eigenvalue weighted by atomic mass is 10.1. The van der Waals surface area contributed by atoms with Gasteiger partial charge in [-0.25, -0.2) is 13.6 Å². The van der Waals surface area contributed by atoms with Crippen molar-refractivity contribution in [3.05, 3.63) is 35.4 Å². The molecule has 4 nitrogen and oxygen atoms in total. The van der Waals surface area contributed by atoms with E-state index < -0.39 is 29.3 Å². The number of carbonyl (C=O) groups excluding carboxylic acids is 1. The monoisotopic (exact) mass is 318 g/mol. The number of halogens is 2. The molecule has 0 spiro atoms. The van der Waals surface area contributed by atoms with Crippen LogP contribution in [-0.2, 0) is 0 Å². The van der Waals surface area contributed by atoms with E-state index in [-0.39, 0.29) is 12.1 Å². The van der Waals surface area contributed by atoms with Crippen LogP contribution >= 0.6 is 11.8 Å². The van der Waals surface area contributed by atoms with Gasteiger partial charge in [-0.3, -0.25) is 0 Å². The number of aliphatic hydroxyl groups is 1. The van der Waals surface area contributed by atoms with Crippen molar-refractivity contribution in [2.45, 2.75) is 25.5 Å². The van der Waals surface area contributed by atoms with Crippen LogP contribution < -0.4 is 10.6 Å². The second-order valence-corrected chi connectivity index (χ2v) is 6.01. The van der Waals surface area contributed by atoms with Crippen molar-refractivity contribution < 1.29 is 18.7 Å². The fourth-order valence-electron chi connectivity index (χ4n) is 1.81. The lowest BCUT2D eigenvalue weighted by Gasteiger charge is -2.23. The molecule has 0 aliphatic heterocycles. The van der Waals surface area contributed by atoms with E-state index in [1.807, 2.05) is 6.26 Å². The summed E-state index contributed by atoms with van der Waals surface area (Å²) in [5.74, 6) is -0.895. The topological polar surface area (TPSA) is 61.4 Å². The fraction of sp³-hybridized carbons (Fsp3) is 0.500. The van der Waals surface area contributed by atoms with Crippen LogP contribution in [0.5, 0.6) is 0 Å². The average molecular weight is 318 g/mol. The van der Waals surface area contributed by atoms with E-state index in [0.29, 0.717) is 5.75 Å². The standard InChI is InChI=1S/C14H20F2N2O2S/c1-9(11-5-4-10(15)6-12(11)16)18-13(19)17-7-14(2,20)8-21-3/h4-6,9,20H,7-8H2,1-3H3,(H2,17,18,19). The summed E-state index contributed by atoms with van der Waals surface area (Å²) in [7, 11) is 0. The summed E-state index contributed by atoms with van der Waals surface area (Å²) in [5, 5.41) is 15.0. The molecule has 0 bridgehead atoms. The molecule has 0 saturated heterocycles. The van der Waals surface area contributed by atoms with Crippen LogP contribution in [-0.4, -0.2) is 35.3 Å². The van der Waals surface area contributed by atoms with Gasteiger partial charge in [0.1, 0.15) is 11.6 Å². The largest absolute Gasteiger partial charge is 0.387 e. The summed E-state index contributed by atoms with van der Waals surface area (Å²) in [4.78, 5) is 11.7. The normalized spacial score (nSPS) is 15.1. The Morgan fingerprint density at radius 3 is 2.71 bits per heavy atom. The third-order valence-electron chi connectivity index (χ3n) is 2.86. The molecule has 3 N–H and O–H groups in total. The number of rotatable bonds is 6. The van der Waals surface area contributed by atoms with Crippen LogP contribution in [0.2, 0.25) is 0 Å². The predicted molar refractivity (Wildman–Crippen MR) is 80.3 cm³/mol. The van der Waals surface area contributed by atoms with Crippen LogP contribution in [0.25, 0.3) is 0 Å². The lowest BCUT2D eigenvalue weighted by Crippen LogP contribution is -2.46. The summed E-state index contributed by atoms with van der Waals surface area (Å²) in [5.41, 5.74) is -0.816. The van der Waals surface area contributed by atoms with Crippen molar-refractivity contribution in [2.75, 3.05) is 18.6 Å². The second-order valence-electron chi connectivity index (χ2n) is 5.14. The van der Waals surface area contributed by atoms with Crippen molar-refractivity contribution in [1.82, 2.24) is 10.6 Å². The molecule has 0 saturated carbocycles. The molecule has 2 unspecified atom stereocenters. The fourth-order valence-corrected chi connectivity index (χ4v) is 2.53. The number of hydrogen-bond donors (Lipinski definition) is 3. The number of amides is 2. The zero-order chi connectivity index (χ0) is 16.0. The van der Waals surface area contributed by atoms with Crippen LogP contribution in [0.4, 0.5) is 13.6 Å². The number of carbonyl (C=O) groups is 1. The molecule has 1 aromatic carbocycles. The summed E-state index contributed by atoms with van der Waals surface area (Å²) < 4.78 is 26.4. The Kier molecular flexibility index (Phi) is 6.42. The number of urea groups is 1. The first kappa shape index (κ1) is 17.7. The number of hydrogen-bond acceptors (Lipinski definition) is 3. The van der Waals surface area contributed by atoms with E-state index in [4.69, 9.17) is 0 Å². The van der Waals surface area contributed by atoms with Crippen molar-refractivity contribution in [3.8, 4) is 0 Å². The Morgan fingerprint density at radius 2 is 2.14 bits per heavy atom. The number of nitrogens with one attached hydrogen (secondary N) is 2. The minimum absolute atomic E-state index is 0.0816. The summed E-state index contributed by atoms with van der Waals surface area (Å²) in [6.07, 6.45) is 1.86. The molecule has 0 aromatic heterocycles. The van der Waals surface area contributed by atoms with Crippen molar-refractivity contribution in [1.29, 1.82) is 0 Å². The van der Waals surface area contributed by atoms with Gasteiger partial charge in [-0.1, -0.05) is 6.07 Å². The minimum Gasteiger partial charge on any atom is -0.387 e. The zero-order valence-electron chi connectivity index (χ0n) is 12.2. The quantitative estimate of drug-likeness (QED) is 0.755. The lowest BCUT2D eigenvalue weighted by molar-refractivity contribution is 0.0868. The Labute approximate surface area is 127 Å². The van der Waals surface area contributed by atoms with E-state index in [0.717, 1.165) is 12.1 Å². The third kappa shape index (κ3) is 5.89. The molecule has 7 heteroatoms. The molecule has 0 aliphatic carbocycles. The first-order valence-corrected chi connectivity index (χ1v) is 7.85. The van der Waals surface area contributed by atoms with Gasteiger partial charge in [-0.2, -0.15) is 11.8 Å². The maximum Gasteiger partial charge on any atom is 0.315 e. The van der Waals surface area contributed by atoms with Gasteiger partial charge >= 0.3 is 6.03 Å². The highest BCUT2D eigenvalue weighted by Crippen LogP contribution is 2.17. The highest BCUT2D eigenvalue weighted by atomic mass is 32.2. The minimum atomic E-state index is -1.01. The smallest absolute Gasteiger partial charge is 0.315 e. The Balaban J connectivity index is 2.54. The van der Waals surface area contributed by atoms with Crippen molar-refractivity contribution in [3.63, 3.8) is 0 Å². The van der Waals surface area contributed by atoms with Gasteiger partial charge < -0.3 is 15.7 Å². The third-order valence-corrected chi connectivity index (χ3v) is 3.77. The maximum atomic E-state index is 13.6. The molecule has 1 aromatic rings. The van der Waals surface area contributed by atoms with Crippen LogP contribution in [0, 0.1) is 11.6 Å². The Morgan fingerprint density at radius 1 is 1.48 bits per heavy atom. The molecule has 1 rings (SSSR count). The van der Waals surface area contributed by atoms with E-state index in [1.54, 1.807) is 13.8 Å². The SMILES string of the molecule is CSCC(C)(O)CNC(=O)NC(C)c1ccc(F)cc1F. The molecule has 21 heavy (non-hydrogen) atoms. The van der Waals surface area contributed by atoms with Gasteiger partial charge in [0.25, 0.3) is 0 Å². The van der Waals surface area contributed by atoms with Gasteiger partial charge in [0, 0.05) is 23.9 Å². The molecule has 0 radical (unpaired) electrons. The van der Waals surface area contributed by atoms with E-state index in [2.05, 4.69) is 10.6 Å². The van der Waals surface area contributed by atoms with Gasteiger partial charge in [0.2, 0.25) is 0 Å². The van der Waals surface area contributed by atoms with Crippen LogP contribution in [0.15, 0.2) is 18.2 Å². The molecule has 2 atom stereocenters. The molecule has 0 aliphatic rings. The highest BCUT2D eigenvalue weighted by molar-refractivity contribution is 7.98. The van der Waals surface area contributed by atoms with E-state index >= 15 is 0 Å². The summed E-state index contributed by atoms with van der Waals surface area (Å²) in [6.45, 7) is 3.29. The zero-order valence-corrected chi connectivity index (χ0v) is 13.1. The Hall–Kier alpha value is -1.34. The number of benzene rings is 1. The highest BCUT2D eigenvalue weighted by Gasteiger charge is 2.21. The van der Waals surface area contributed by atoms with Crippen molar-refractivity contribution >= 4 is 17.8 Å². The average Bonchev–Trinajstić information content (AvgIpc) is 2.36. The molecule has 0 fully saturated rings. The molecule has 118 valence electrons. The Bertz CT molecular complexity index is 498. The predicted octanol–water partition coefficient (Wildman–Crippen LogP) is 2.44. The maximum absolute atomic E-state index is 13.6.